The topological polar surface area (TPSA) is 106 Å². The number of rotatable bonds is 6. The third-order valence-electron chi connectivity index (χ3n) is 3.05. The molecule has 0 saturated carbocycles. The summed E-state index contributed by atoms with van der Waals surface area (Å²) in [4.78, 5) is 13.0. The summed E-state index contributed by atoms with van der Waals surface area (Å²) in [6, 6.07) is 3.43. The van der Waals surface area contributed by atoms with Crippen LogP contribution in [0.2, 0.25) is 0 Å². The highest BCUT2D eigenvalue weighted by Gasteiger charge is 2.23. The number of hydrogen-bond acceptors (Lipinski definition) is 6. The maximum Gasteiger partial charge on any atom is 0.244 e. The van der Waals surface area contributed by atoms with Gasteiger partial charge in [-0.3, -0.25) is 4.79 Å². The molecule has 0 saturated heterocycles. The highest BCUT2D eigenvalue weighted by Crippen LogP contribution is 2.13. The Morgan fingerprint density at radius 3 is 3.00 bits per heavy atom. The first kappa shape index (κ1) is 14.2. The Kier molecular flexibility index (Phi) is 4.14. The van der Waals surface area contributed by atoms with Gasteiger partial charge >= 0.3 is 0 Å². The Morgan fingerprint density at radius 1 is 1.60 bits per heavy atom. The van der Waals surface area contributed by atoms with E-state index in [-0.39, 0.29) is 19.1 Å². The molecule has 2 rings (SSSR count). The predicted molar refractivity (Wildman–Crippen MR) is 69.4 cm³/mol. The zero-order chi connectivity index (χ0) is 14.6. The van der Waals surface area contributed by atoms with Gasteiger partial charge in [-0.05, 0) is 30.7 Å². The molecule has 1 amide bonds. The van der Waals surface area contributed by atoms with Gasteiger partial charge in [-0.15, -0.1) is 10.2 Å². The fourth-order valence-corrected chi connectivity index (χ4v) is 1.56. The first-order chi connectivity index (χ1) is 9.56. The number of nitrogens with zero attached hydrogens (tertiary/aromatic N) is 4. The van der Waals surface area contributed by atoms with Crippen LogP contribution in [-0.4, -0.2) is 43.4 Å². The number of aliphatic hydroxyl groups is 1. The molecule has 2 aromatic rings. The maximum absolute atomic E-state index is 11.9. The van der Waals surface area contributed by atoms with Gasteiger partial charge in [-0.2, -0.15) is 4.80 Å². The molecule has 20 heavy (non-hydrogen) atoms. The van der Waals surface area contributed by atoms with Gasteiger partial charge < -0.3 is 14.8 Å². The number of nitrogens with one attached hydrogen (secondary N) is 1. The summed E-state index contributed by atoms with van der Waals surface area (Å²) in [5, 5.41) is 23.6. The van der Waals surface area contributed by atoms with Crippen LogP contribution in [-0.2, 0) is 11.3 Å². The average Bonchev–Trinajstić information content (AvgIpc) is 3.08. The minimum absolute atomic E-state index is 0.0662. The summed E-state index contributed by atoms with van der Waals surface area (Å²) < 4.78 is 5.14. The lowest BCUT2D eigenvalue weighted by Crippen LogP contribution is -2.49. The van der Waals surface area contributed by atoms with E-state index in [0.29, 0.717) is 18.0 Å². The summed E-state index contributed by atoms with van der Waals surface area (Å²) in [6.07, 6.45) is 2.13. The fraction of sp³-hybridized carbons (Fsp3) is 0.500. The van der Waals surface area contributed by atoms with Crippen LogP contribution in [0.4, 0.5) is 0 Å². The average molecular weight is 279 g/mol. The third kappa shape index (κ3) is 3.21. The Balaban J connectivity index is 1.99. The normalized spacial score (nSPS) is 13.9. The Morgan fingerprint density at radius 2 is 2.40 bits per heavy atom. The van der Waals surface area contributed by atoms with E-state index >= 15 is 0 Å². The molecular formula is C12H17N5O3. The number of carbonyl (C=O) groups excluding carboxylic acids is 1. The molecule has 0 spiro atoms. The molecule has 2 aromatic heterocycles. The molecule has 0 aromatic carbocycles. The molecule has 0 aliphatic carbocycles. The number of amides is 1. The highest BCUT2D eigenvalue weighted by molar-refractivity contribution is 5.76. The van der Waals surface area contributed by atoms with Crippen molar-refractivity contribution in [3.63, 3.8) is 0 Å². The second-order valence-electron chi connectivity index (χ2n) is 4.74. The van der Waals surface area contributed by atoms with Gasteiger partial charge in [0.25, 0.3) is 0 Å². The number of aliphatic hydroxyl groups excluding tert-OH is 1. The zero-order valence-corrected chi connectivity index (χ0v) is 11.4. The molecule has 1 atom stereocenters. The van der Waals surface area contributed by atoms with Gasteiger partial charge in [0.15, 0.2) is 5.76 Å². The molecule has 1 unspecified atom stereocenters. The lowest BCUT2D eigenvalue weighted by Gasteiger charge is -2.26. The molecular weight excluding hydrogens is 262 g/mol. The van der Waals surface area contributed by atoms with Crippen molar-refractivity contribution in [2.75, 3.05) is 6.61 Å². The van der Waals surface area contributed by atoms with E-state index in [0.717, 1.165) is 0 Å². The van der Waals surface area contributed by atoms with Crippen molar-refractivity contribution in [3.05, 3.63) is 18.4 Å². The van der Waals surface area contributed by atoms with Crippen molar-refractivity contribution < 1.29 is 14.3 Å². The van der Waals surface area contributed by atoms with Gasteiger partial charge in [-0.1, -0.05) is 6.92 Å². The van der Waals surface area contributed by atoms with Gasteiger partial charge in [0.1, 0.15) is 6.54 Å². The second-order valence-corrected chi connectivity index (χ2v) is 4.74. The molecule has 2 heterocycles. The van der Waals surface area contributed by atoms with E-state index in [4.69, 9.17) is 4.42 Å². The minimum atomic E-state index is -0.637. The molecule has 8 nitrogen and oxygen atoms in total. The van der Waals surface area contributed by atoms with Crippen molar-refractivity contribution >= 4 is 5.91 Å². The molecule has 108 valence electrons. The quantitative estimate of drug-likeness (QED) is 0.783. The molecule has 2 N–H and O–H groups in total. The van der Waals surface area contributed by atoms with Crippen LogP contribution in [0.25, 0.3) is 11.6 Å². The van der Waals surface area contributed by atoms with Crippen LogP contribution in [0.1, 0.15) is 20.3 Å². The van der Waals surface area contributed by atoms with E-state index in [1.54, 1.807) is 19.1 Å². The Labute approximate surface area is 115 Å². The lowest BCUT2D eigenvalue weighted by molar-refractivity contribution is -0.124. The lowest BCUT2D eigenvalue weighted by atomic mass is 10.0. The fourth-order valence-electron chi connectivity index (χ4n) is 1.56. The monoisotopic (exact) mass is 279 g/mol. The van der Waals surface area contributed by atoms with Crippen LogP contribution in [0.15, 0.2) is 22.8 Å². The van der Waals surface area contributed by atoms with Crippen LogP contribution >= 0.6 is 0 Å². The standard InChI is InChI=1S/C12H17N5O3/c1-3-12(2,8-18)13-10(19)7-17-15-11(14-16-17)9-5-4-6-20-9/h4-6,18H,3,7-8H2,1-2H3,(H,13,19). The van der Waals surface area contributed by atoms with Crippen molar-refractivity contribution in [2.45, 2.75) is 32.4 Å². The number of hydrogen-bond donors (Lipinski definition) is 2. The van der Waals surface area contributed by atoms with Crippen LogP contribution in [0, 0.1) is 0 Å². The third-order valence-corrected chi connectivity index (χ3v) is 3.05. The van der Waals surface area contributed by atoms with Gasteiger partial charge in [0.05, 0.1) is 18.4 Å². The van der Waals surface area contributed by atoms with Crippen LogP contribution < -0.4 is 5.32 Å². The number of furan rings is 1. The van der Waals surface area contributed by atoms with Crippen molar-refractivity contribution in [1.29, 1.82) is 0 Å². The second kappa shape index (κ2) is 5.83. The predicted octanol–water partition coefficient (Wildman–Crippen LogP) is 0.210. The van der Waals surface area contributed by atoms with Crippen molar-refractivity contribution in [3.8, 4) is 11.6 Å². The van der Waals surface area contributed by atoms with Crippen molar-refractivity contribution in [2.24, 2.45) is 0 Å². The van der Waals surface area contributed by atoms with E-state index in [1.165, 1.54) is 11.1 Å². The first-order valence-corrected chi connectivity index (χ1v) is 6.30. The SMILES string of the molecule is CCC(C)(CO)NC(=O)Cn1nnc(-c2ccco2)n1. The van der Waals surface area contributed by atoms with E-state index < -0.39 is 5.54 Å². The molecule has 0 aliphatic heterocycles. The highest BCUT2D eigenvalue weighted by atomic mass is 16.3. The largest absolute Gasteiger partial charge is 0.461 e. The summed E-state index contributed by atoms with van der Waals surface area (Å²) in [6.45, 7) is 3.47. The summed E-state index contributed by atoms with van der Waals surface area (Å²) in [7, 11) is 0. The molecule has 0 aliphatic rings. The summed E-state index contributed by atoms with van der Waals surface area (Å²) in [5.74, 6) is 0.528. The maximum atomic E-state index is 11.9. The summed E-state index contributed by atoms with van der Waals surface area (Å²) in [5.41, 5.74) is -0.637. The van der Waals surface area contributed by atoms with Gasteiger partial charge in [0, 0.05) is 0 Å². The Bertz CT molecular complexity index is 559. The van der Waals surface area contributed by atoms with E-state index in [9.17, 15) is 9.90 Å². The molecule has 0 bridgehead atoms. The van der Waals surface area contributed by atoms with Gasteiger partial charge in [0.2, 0.25) is 11.7 Å². The zero-order valence-electron chi connectivity index (χ0n) is 11.4. The van der Waals surface area contributed by atoms with Crippen LogP contribution in [0.5, 0.6) is 0 Å². The van der Waals surface area contributed by atoms with E-state index in [1.807, 2.05) is 6.92 Å². The number of carbonyl (C=O) groups is 1. The minimum Gasteiger partial charge on any atom is -0.461 e. The number of aromatic nitrogens is 4. The molecule has 8 heteroatoms. The Hall–Kier alpha value is -2.22. The molecule has 0 fully saturated rings. The molecule has 0 radical (unpaired) electrons. The number of tetrazole rings is 1. The van der Waals surface area contributed by atoms with Crippen molar-refractivity contribution in [1.82, 2.24) is 25.5 Å². The van der Waals surface area contributed by atoms with Gasteiger partial charge in [-0.25, -0.2) is 0 Å². The smallest absolute Gasteiger partial charge is 0.244 e. The van der Waals surface area contributed by atoms with E-state index in [2.05, 4.69) is 20.7 Å². The first-order valence-electron chi connectivity index (χ1n) is 6.30. The summed E-state index contributed by atoms with van der Waals surface area (Å²) >= 11 is 0. The van der Waals surface area contributed by atoms with Crippen LogP contribution in [0.3, 0.4) is 0 Å².